The maximum atomic E-state index is 13.1. The number of alkyl halides is 3. The Morgan fingerprint density at radius 1 is 1.27 bits per heavy atom. The predicted molar refractivity (Wildman–Crippen MR) is 103 cm³/mol. The van der Waals surface area contributed by atoms with Crippen LogP contribution in [0.4, 0.5) is 18.9 Å². The first-order chi connectivity index (χ1) is 14.2. The molecule has 158 valence electrons. The van der Waals surface area contributed by atoms with E-state index in [9.17, 15) is 22.8 Å². The number of halogens is 3. The zero-order chi connectivity index (χ0) is 21.5. The lowest BCUT2D eigenvalue weighted by atomic mass is 9.94. The van der Waals surface area contributed by atoms with E-state index in [2.05, 4.69) is 20.9 Å². The van der Waals surface area contributed by atoms with Crippen molar-refractivity contribution in [2.24, 2.45) is 16.9 Å². The molecule has 1 saturated carbocycles. The van der Waals surface area contributed by atoms with Gasteiger partial charge in [-0.1, -0.05) is 19.1 Å². The molecule has 1 atom stereocenters. The number of amides is 2. The average Bonchev–Trinajstić information content (AvgIpc) is 3.37. The second kappa shape index (κ2) is 7.58. The fourth-order valence-corrected chi connectivity index (χ4v) is 3.34. The van der Waals surface area contributed by atoms with E-state index in [4.69, 9.17) is 0 Å². The summed E-state index contributed by atoms with van der Waals surface area (Å²) in [5.74, 6) is -0.578. The summed E-state index contributed by atoms with van der Waals surface area (Å²) in [6.07, 6.45) is -2.43. The molecule has 1 aliphatic heterocycles. The van der Waals surface area contributed by atoms with Crippen LogP contribution in [0.1, 0.15) is 47.9 Å². The van der Waals surface area contributed by atoms with Gasteiger partial charge in [-0.2, -0.15) is 23.4 Å². The second-order valence-corrected chi connectivity index (χ2v) is 7.71. The molecule has 2 heterocycles. The lowest BCUT2D eigenvalue weighted by Crippen LogP contribution is -2.31. The van der Waals surface area contributed by atoms with Gasteiger partial charge in [0.05, 0.1) is 5.71 Å². The van der Waals surface area contributed by atoms with Crippen molar-refractivity contribution in [1.82, 2.24) is 15.2 Å². The molecule has 0 spiro atoms. The third-order valence-corrected chi connectivity index (χ3v) is 5.13. The summed E-state index contributed by atoms with van der Waals surface area (Å²) in [4.78, 5) is 24.0. The van der Waals surface area contributed by atoms with Gasteiger partial charge in [-0.15, -0.1) is 0 Å². The molecule has 10 heteroatoms. The van der Waals surface area contributed by atoms with Crippen LogP contribution in [0.2, 0.25) is 0 Å². The molecule has 7 nitrogen and oxygen atoms in total. The standard InChI is InChI=1S/C20H20F3N5O2/c1-11-8-17(29)25-26-18(11)13-4-6-14(7-5-13)24-19(30)15-9-16(20(21,22)23)27-28(15)10-12-2-3-12/h4-7,9,11-12H,2-3,8,10H2,1H3,(H,24,30)(H,25,29). The van der Waals surface area contributed by atoms with Gasteiger partial charge in [-0.05, 0) is 36.5 Å². The van der Waals surface area contributed by atoms with E-state index in [1.54, 1.807) is 24.3 Å². The maximum absolute atomic E-state index is 13.1. The monoisotopic (exact) mass is 419 g/mol. The van der Waals surface area contributed by atoms with Crippen LogP contribution >= 0.6 is 0 Å². The lowest BCUT2D eigenvalue weighted by Gasteiger charge is -2.19. The maximum Gasteiger partial charge on any atom is 0.435 e. The quantitative estimate of drug-likeness (QED) is 0.778. The smallest absolute Gasteiger partial charge is 0.321 e. The Hall–Kier alpha value is -3.17. The van der Waals surface area contributed by atoms with Gasteiger partial charge < -0.3 is 5.32 Å². The highest BCUT2D eigenvalue weighted by Gasteiger charge is 2.36. The number of anilines is 1. The molecule has 1 fully saturated rings. The molecule has 1 unspecified atom stereocenters. The number of carbonyl (C=O) groups is 2. The molecule has 1 aliphatic carbocycles. The van der Waals surface area contributed by atoms with Crippen LogP contribution in [0.3, 0.4) is 0 Å². The Kier molecular flexibility index (Phi) is 5.08. The number of nitrogens with one attached hydrogen (secondary N) is 2. The highest BCUT2D eigenvalue weighted by Crippen LogP contribution is 2.33. The van der Waals surface area contributed by atoms with Crippen molar-refractivity contribution >= 4 is 23.2 Å². The van der Waals surface area contributed by atoms with Crippen LogP contribution < -0.4 is 10.7 Å². The van der Waals surface area contributed by atoms with Gasteiger partial charge in [0.15, 0.2) is 5.69 Å². The fourth-order valence-electron chi connectivity index (χ4n) is 3.34. The van der Waals surface area contributed by atoms with E-state index in [1.165, 1.54) is 0 Å². The first-order valence-electron chi connectivity index (χ1n) is 9.64. The molecule has 2 N–H and O–H groups in total. The van der Waals surface area contributed by atoms with Crippen LogP contribution in [0, 0.1) is 11.8 Å². The van der Waals surface area contributed by atoms with Crippen molar-refractivity contribution in [3.8, 4) is 0 Å². The topological polar surface area (TPSA) is 88.4 Å². The Morgan fingerprint density at radius 3 is 2.57 bits per heavy atom. The van der Waals surface area contributed by atoms with E-state index in [-0.39, 0.29) is 23.4 Å². The zero-order valence-corrected chi connectivity index (χ0v) is 16.2. The summed E-state index contributed by atoms with van der Waals surface area (Å²) < 4.78 is 40.3. The Bertz CT molecular complexity index is 1010. The molecule has 0 saturated heterocycles. The summed E-state index contributed by atoms with van der Waals surface area (Å²) in [7, 11) is 0. The predicted octanol–water partition coefficient (Wildman–Crippen LogP) is 3.42. The molecule has 0 bridgehead atoms. The van der Waals surface area contributed by atoms with Crippen molar-refractivity contribution in [3.63, 3.8) is 0 Å². The van der Waals surface area contributed by atoms with Crippen LogP contribution in [0.15, 0.2) is 35.4 Å². The van der Waals surface area contributed by atoms with E-state index < -0.39 is 17.8 Å². The summed E-state index contributed by atoms with van der Waals surface area (Å²) in [6, 6.07) is 7.56. The van der Waals surface area contributed by atoms with Gasteiger partial charge in [0.2, 0.25) is 5.91 Å². The molecule has 1 aromatic carbocycles. The van der Waals surface area contributed by atoms with Crippen LogP contribution in [-0.4, -0.2) is 27.3 Å². The second-order valence-electron chi connectivity index (χ2n) is 7.71. The number of hydrazone groups is 1. The van der Waals surface area contributed by atoms with Gasteiger partial charge >= 0.3 is 6.18 Å². The van der Waals surface area contributed by atoms with Gasteiger partial charge in [0, 0.05) is 30.6 Å². The Morgan fingerprint density at radius 2 is 1.97 bits per heavy atom. The van der Waals surface area contributed by atoms with Crippen molar-refractivity contribution in [2.45, 2.75) is 38.9 Å². The molecule has 2 amide bonds. The van der Waals surface area contributed by atoms with E-state index in [1.807, 2.05) is 6.92 Å². The first-order valence-corrected chi connectivity index (χ1v) is 9.64. The summed E-state index contributed by atoms with van der Waals surface area (Å²) in [5.41, 5.74) is 3.21. The first kappa shape index (κ1) is 20.1. The minimum atomic E-state index is -4.61. The Balaban J connectivity index is 1.51. The molecular weight excluding hydrogens is 399 g/mol. The van der Waals surface area contributed by atoms with Gasteiger partial charge in [-0.3, -0.25) is 14.3 Å². The van der Waals surface area contributed by atoms with Gasteiger partial charge in [0.1, 0.15) is 5.69 Å². The minimum absolute atomic E-state index is 0.0447. The number of benzene rings is 1. The fraction of sp³-hybridized carbons (Fsp3) is 0.400. The van der Waals surface area contributed by atoms with Crippen molar-refractivity contribution < 1.29 is 22.8 Å². The molecule has 30 heavy (non-hydrogen) atoms. The van der Waals surface area contributed by atoms with E-state index in [0.717, 1.165) is 34.9 Å². The van der Waals surface area contributed by atoms with Crippen LogP contribution in [0.5, 0.6) is 0 Å². The number of hydrogen-bond acceptors (Lipinski definition) is 4. The molecule has 4 rings (SSSR count). The number of nitrogens with zero attached hydrogens (tertiary/aromatic N) is 3. The van der Waals surface area contributed by atoms with Crippen LogP contribution in [0.25, 0.3) is 0 Å². The number of carbonyl (C=O) groups excluding carboxylic acids is 2. The highest BCUT2D eigenvalue weighted by atomic mass is 19.4. The lowest BCUT2D eigenvalue weighted by molar-refractivity contribution is -0.141. The van der Waals surface area contributed by atoms with Crippen LogP contribution in [-0.2, 0) is 17.5 Å². The average molecular weight is 419 g/mol. The zero-order valence-electron chi connectivity index (χ0n) is 16.2. The summed E-state index contributed by atoms with van der Waals surface area (Å²) >= 11 is 0. The van der Waals surface area contributed by atoms with E-state index in [0.29, 0.717) is 18.7 Å². The summed E-state index contributed by atoms with van der Waals surface area (Å²) in [5, 5.41) is 10.3. The SMILES string of the molecule is CC1CC(=O)NN=C1c1ccc(NC(=O)c2cc(C(F)(F)F)nn2CC2CC2)cc1. The Labute approximate surface area is 170 Å². The minimum Gasteiger partial charge on any atom is -0.321 e. The van der Waals surface area contributed by atoms with Gasteiger partial charge in [-0.25, -0.2) is 5.43 Å². The van der Waals surface area contributed by atoms with Crippen molar-refractivity contribution in [2.75, 3.05) is 5.32 Å². The number of rotatable bonds is 5. The highest BCUT2D eigenvalue weighted by molar-refractivity contribution is 6.06. The van der Waals surface area contributed by atoms with E-state index >= 15 is 0 Å². The van der Waals surface area contributed by atoms with Crippen molar-refractivity contribution in [3.05, 3.63) is 47.3 Å². The number of hydrogen-bond donors (Lipinski definition) is 2. The molecule has 2 aliphatic rings. The largest absolute Gasteiger partial charge is 0.435 e. The van der Waals surface area contributed by atoms with Crippen molar-refractivity contribution in [1.29, 1.82) is 0 Å². The molecule has 0 radical (unpaired) electrons. The molecule has 2 aromatic rings. The summed E-state index contributed by atoms with van der Waals surface area (Å²) in [6.45, 7) is 2.19. The third kappa shape index (κ3) is 4.37. The molecule has 1 aromatic heterocycles. The number of aromatic nitrogens is 2. The molecular formula is C20H20F3N5O2. The normalized spacial score (nSPS) is 19.3. The third-order valence-electron chi connectivity index (χ3n) is 5.13. The van der Waals surface area contributed by atoms with Gasteiger partial charge in [0.25, 0.3) is 5.91 Å².